The maximum absolute atomic E-state index is 11.7. The highest BCUT2D eigenvalue weighted by Crippen LogP contribution is 2.24. The molecule has 1 radical (unpaired) electrons. The highest BCUT2D eigenvalue weighted by atomic mass is 16.6. The van der Waals surface area contributed by atoms with Crippen LogP contribution in [0.25, 0.3) is 0 Å². The monoisotopic (exact) mass is 197 g/mol. The van der Waals surface area contributed by atoms with Crippen molar-refractivity contribution in [3.05, 3.63) is 24.8 Å². The normalized spacial score (nSPS) is 16.1. The first kappa shape index (κ1) is 13.4. The third-order valence-electron chi connectivity index (χ3n) is 2.56. The molecule has 0 fully saturated rings. The van der Waals surface area contributed by atoms with E-state index in [1.807, 2.05) is 27.7 Å². The zero-order valence-electron chi connectivity index (χ0n) is 9.67. The van der Waals surface area contributed by atoms with Crippen molar-refractivity contribution in [2.75, 3.05) is 0 Å². The summed E-state index contributed by atoms with van der Waals surface area (Å²) < 4.78 is 5.42. The van der Waals surface area contributed by atoms with Crippen molar-refractivity contribution >= 4 is 0 Å². The molecular weight excluding hydrogens is 176 g/mol. The maximum atomic E-state index is 11.7. The zero-order valence-corrected chi connectivity index (χ0v) is 9.67. The Morgan fingerprint density at radius 3 is 2.36 bits per heavy atom. The minimum atomic E-state index is -1.05. The smallest absolute Gasteiger partial charge is 0.198 e. The minimum Gasteiger partial charge on any atom is -0.339 e. The Kier molecular flexibility index (Phi) is 5.09. The highest BCUT2D eigenvalue weighted by molar-refractivity contribution is 5.05. The third kappa shape index (κ3) is 3.64. The fourth-order valence-corrected chi connectivity index (χ4v) is 0.949. The van der Waals surface area contributed by atoms with Crippen LogP contribution in [0.3, 0.4) is 0 Å². The Bertz CT molecular complexity index is 206. The predicted molar refractivity (Wildman–Crippen MR) is 58.4 cm³/mol. The van der Waals surface area contributed by atoms with Crippen molar-refractivity contribution in [2.24, 2.45) is 5.92 Å². The topological polar surface area (TPSA) is 29.1 Å². The summed E-state index contributed by atoms with van der Waals surface area (Å²) in [5.74, 6) is -0.131. The van der Waals surface area contributed by atoms with E-state index in [-0.39, 0.29) is 5.92 Å². The first-order chi connectivity index (χ1) is 6.35. The average molecular weight is 197 g/mol. The lowest BCUT2D eigenvalue weighted by molar-refractivity contribution is -0.208. The summed E-state index contributed by atoms with van der Waals surface area (Å²) >= 11 is 0. The van der Waals surface area contributed by atoms with Crippen molar-refractivity contribution in [3.63, 3.8) is 0 Å². The van der Waals surface area contributed by atoms with Gasteiger partial charge in [-0.2, -0.15) is 0 Å². The van der Waals surface area contributed by atoms with E-state index in [0.717, 1.165) is 12.0 Å². The predicted octanol–water partition coefficient (Wildman–Crippen LogP) is 3.33. The Labute approximate surface area is 87.3 Å². The quantitative estimate of drug-likeness (QED) is 0.474. The van der Waals surface area contributed by atoms with Gasteiger partial charge in [0.1, 0.15) is 0 Å². The second kappa shape index (κ2) is 5.32. The third-order valence-corrected chi connectivity index (χ3v) is 2.56. The number of ether oxygens (including phenoxy) is 1. The first-order valence-corrected chi connectivity index (χ1v) is 4.97. The van der Waals surface area contributed by atoms with Crippen LogP contribution >= 0.6 is 0 Å². The standard InChI is InChI=1S/C12H21O2/c1-7-10(8-2)11(13)14-12(5,6)9(3)4/h7,10-11H,1,3,8H2,2,4-6H3. The van der Waals surface area contributed by atoms with Crippen molar-refractivity contribution < 1.29 is 9.84 Å². The average Bonchev–Trinajstić information content (AvgIpc) is 2.05. The maximum Gasteiger partial charge on any atom is 0.198 e. The van der Waals surface area contributed by atoms with Crippen LogP contribution in [0, 0.1) is 5.92 Å². The molecule has 0 aromatic rings. The van der Waals surface area contributed by atoms with Crippen LogP contribution in [0.5, 0.6) is 0 Å². The Balaban J connectivity index is 4.36. The molecule has 0 spiro atoms. The molecule has 2 atom stereocenters. The van der Waals surface area contributed by atoms with E-state index in [0.29, 0.717) is 0 Å². The van der Waals surface area contributed by atoms with Crippen molar-refractivity contribution in [2.45, 2.75) is 46.0 Å². The van der Waals surface area contributed by atoms with Crippen molar-refractivity contribution in [3.8, 4) is 0 Å². The van der Waals surface area contributed by atoms with Gasteiger partial charge >= 0.3 is 0 Å². The van der Waals surface area contributed by atoms with Crippen LogP contribution in [0.4, 0.5) is 0 Å². The van der Waals surface area contributed by atoms with Crippen LogP contribution in [0.2, 0.25) is 0 Å². The summed E-state index contributed by atoms with van der Waals surface area (Å²) in [4.78, 5) is 0. The summed E-state index contributed by atoms with van der Waals surface area (Å²) in [5, 5.41) is 11.7. The van der Waals surface area contributed by atoms with Gasteiger partial charge in [0, 0.05) is 5.92 Å². The largest absolute Gasteiger partial charge is 0.339 e. The van der Waals surface area contributed by atoms with Gasteiger partial charge in [0.2, 0.25) is 0 Å². The summed E-state index contributed by atoms with van der Waals surface area (Å²) in [6.07, 6.45) is 1.36. The fraction of sp³-hybridized carbons (Fsp3) is 0.667. The molecule has 2 nitrogen and oxygen atoms in total. The van der Waals surface area contributed by atoms with Crippen LogP contribution in [0.15, 0.2) is 24.8 Å². The molecule has 81 valence electrons. The van der Waals surface area contributed by atoms with Crippen molar-refractivity contribution in [1.29, 1.82) is 0 Å². The SMILES string of the molecule is C=CC(CC)C([O])OC(C)(C)C(=C)C. The van der Waals surface area contributed by atoms with E-state index >= 15 is 0 Å². The Hall–Kier alpha value is -0.600. The lowest BCUT2D eigenvalue weighted by Crippen LogP contribution is -2.34. The molecule has 0 saturated heterocycles. The number of hydrogen-bond acceptors (Lipinski definition) is 1. The first-order valence-electron chi connectivity index (χ1n) is 4.97. The van der Waals surface area contributed by atoms with Gasteiger partial charge < -0.3 is 4.74 Å². The molecule has 0 aliphatic heterocycles. The molecule has 0 rings (SSSR count). The van der Waals surface area contributed by atoms with Gasteiger partial charge in [-0.05, 0) is 32.8 Å². The van der Waals surface area contributed by atoms with Gasteiger partial charge in [-0.25, -0.2) is 5.11 Å². The molecule has 0 aliphatic carbocycles. The molecule has 2 unspecified atom stereocenters. The molecule has 0 aromatic carbocycles. The Morgan fingerprint density at radius 1 is 1.57 bits per heavy atom. The van der Waals surface area contributed by atoms with E-state index in [2.05, 4.69) is 13.2 Å². The Morgan fingerprint density at radius 2 is 2.07 bits per heavy atom. The molecule has 0 N–H and O–H groups in total. The summed E-state index contributed by atoms with van der Waals surface area (Å²) in [6.45, 7) is 15.0. The van der Waals surface area contributed by atoms with Gasteiger partial charge in [-0.15, -0.1) is 6.58 Å². The van der Waals surface area contributed by atoms with E-state index in [4.69, 9.17) is 4.74 Å². The minimum absolute atomic E-state index is 0.131. The van der Waals surface area contributed by atoms with E-state index in [9.17, 15) is 5.11 Å². The summed E-state index contributed by atoms with van der Waals surface area (Å²) in [5.41, 5.74) is 0.306. The van der Waals surface area contributed by atoms with Gasteiger partial charge in [0.05, 0.1) is 5.60 Å². The summed E-state index contributed by atoms with van der Waals surface area (Å²) in [7, 11) is 0. The molecule has 0 bridgehead atoms. The molecule has 0 saturated carbocycles. The van der Waals surface area contributed by atoms with Gasteiger partial charge in [-0.3, -0.25) is 0 Å². The number of rotatable bonds is 6. The molecule has 2 heteroatoms. The van der Waals surface area contributed by atoms with E-state index in [1.54, 1.807) is 6.08 Å². The van der Waals surface area contributed by atoms with Gasteiger partial charge in [0.25, 0.3) is 0 Å². The van der Waals surface area contributed by atoms with Gasteiger partial charge in [-0.1, -0.05) is 19.6 Å². The molecule has 0 heterocycles. The second-order valence-corrected chi connectivity index (χ2v) is 4.08. The fourth-order valence-electron chi connectivity index (χ4n) is 0.949. The van der Waals surface area contributed by atoms with Crippen LogP contribution in [-0.2, 0) is 9.84 Å². The highest BCUT2D eigenvalue weighted by Gasteiger charge is 2.27. The molecule has 0 aliphatic rings. The van der Waals surface area contributed by atoms with Crippen LogP contribution < -0.4 is 0 Å². The van der Waals surface area contributed by atoms with Crippen LogP contribution in [0.1, 0.15) is 34.1 Å². The van der Waals surface area contributed by atoms with E-state index in [1.165, 1.54) is 0 Å². The second-order valence-electron chi connectivity index (χ2n) is 4.08. The lowest BCUT2D eigenvalue weighted by Gasteiger charge is -2.30. The molecule has 14 heavy (non-hydrogen) atoms. The lowest BCUT2D eigenvalue weighted by atomic mass is 10.00. The summed E-state index contributed by atoms with van der Waals surface area (Å²) in [6, 6.07) is 0. The number of hydrogen-bond donors (Lipinski definition) is 0. The molecule has 0 amide bonds. The molecule has 0 aromatic heterocycles. The van der Waals surface area contributed by atoms with Gasteiger partial charge in [0.15, 0.2) is 6.29 Å². The zero-order chi connectivity index (χ0) is 11.4. The van der Waals surface area contributed by atoms with E-state index < -0.39 is 11.9 Å². The molecular formula is C12H21O2. The van der Waals surface area contributed by atoms with Crippen molar-refractivity contribution in [1.82, 2.24) is 0 Å². The van der Waals surface area contributed by atoms with Crippen LogP contribution in [-0.4, -0.2) is 11.9 Å².